The summed E-state index contributed by atoms with van der Waals surface area (Å²) in [5, 5.41) is 13.8. The second-order valence-corrected chi connectivity index (χ2v) is 6.93. The van der Waals surface area contributed by atoms with E-state index in [0.717, 1.165) is 30.6 Å². The second kappa shape index (κ2) is 8.45. The van der Waals surface area contributed by atoms with Crippen LogP contribution < -0.4 is 10.1 Å². The number of nitriles is 1. The van der Waals surface area contributed by atoms with E-state index in [-0.39, 0.29) is 18.1 Å². The summed E-state index contributed by atoms with van der Waals surface area (Å²) in [7, 11) is 0. The molecule has 0 spiro atoms. The van der Waals surface area contributed by atoms with Crippen LogP contribution in [0.4, 0.5) is 0 Å². The summed E-state index contributed by atoms with van der Waals surface area (Å²) >= 11 is 1.61. The number of hydrogen-bond acceptors (Lipinski definition) is 5. The van der Waals surface area contributed by atoms with Crippen molar-refractivity contribution in [3.63, 3.8) is 0 Å². The fourth-order valence-electron chi connectivity index (χ4n) is 2.81. The summed E-state index contributed by atoms with van der Waals surface area (Å²) in [5.41, 5.74) is 0.523. The Morgan fingerprint density at radius 2 is 2.16 bits per heavy atom. The van der Waals surface area contributed by atoms with Crippen LogP contribution in [-0.4, -0.2) is 23.0 Å². The number of pyridine rings is 1. The van der Waals surface area contributed by atoms with E-state index < -0.39 is 0 Å². The van der Waals surface area contributed by atoms with Gasteiger partial charge < -0.3 is 10.1 Å². The molecule has 1 fully saturated rings. The minimum atomic E-state index is -0.0495. The Labute approximate surface area is 151 Å². The number of carbonyl (C=O) groups excluding carboxylic acids is 1. The molecule has 6 heteroatoms. The van der Waals surface area contributed by atoms with Crippen LogP contribution in [0.3, 0.4) is 0 Å². The van der Waals surface area contributed by atoms with Gasteiger partial charge in [-0.05, 0) is 49.3 Å². The maximum atomic E-state index is 12.0. The lowest BCUT2D eigenvalue weighted by molar-refractivity contribution is -0.117. The van der Waals surface area contributed by atoms with Crippen molar-refractivity contribution in [2.45, 2.75) is 37.8 Å². The predicted molar refractivity (Wildman–Crippen MR) is 97.1 cm³/mol. The van der Waals surface area contributed by atoms with Gasteiger partial charge >= 0.3 is 0 Å². The second-order valence-electron chi connectivity index (χ2n) is 5.95. The average molecular weight is 353 g/mol. The van der Waals surface area contributed by atoms with Gasteiger partial charge in [-0.1, -0.05) is 6.07 Å². The predicted octanol–water partition coefficient (Wildman–Crippen LogP) is 3.53. The van der Waals surface area contributed by atoms with Crippen molar-refractivity contribution in [2.24, 2.45) is 0 Å². The van der Waals surface area contributed by atoms with E-state index in [9.17, 15) is 4.79 Å². The number of carbonyl (C=O) groups is 1. The zero-order valence-corrected chi connectivity index (χ0v) is 14.5. The maximum absolute atomic E-state index is 12.0. The van der Waals surface area contributed by atoms with Crippen LogP contribution >= 0.6 is 11.3 Å². The number of aromatic nitrogens is 1. The Bertz CT molecular complexity index is 755. The van der Waals surface area contributed by atoms with Gasteiger partial charge in [-0.2, -0.15) is 5.26 Å². The highest BCUT2D eigenvalue weighted by molar-refractivity contribution is 7.10. The van der Waals surface area contributed by atoms with Gasteiger partial charge in [-0.3, -0.25) is 4.79 Å². The normalized spacial score (nSPS) is 20.1. The van der Waals surface area contributed by atoms with Crippen molar-refractivity contribution in [1.82, 2.24) is 10.3 Å². The summed E-state index contributed by atoms with van der Waals surface area (Å²) in [6, 6.07) is 9.60. The minimum absolute atomic E-state index is 0.0495. The van der Waals surface area contributed by atoms with Crippen LogP contribution in [0.15, 0.2) is 41.9 Å². The Morgan fingerprint density at radius 1 is 1.32 bits per heavy atom. The van der Waals surface area contributed by atoms with Gasteiger partial charge in [0.15, 0.2) is 0 Å². The molecule has 3 rings (SSSR count). The highest BCUT2D eigenvalue weighted by atomic mass is 32.1. The van der Waals surface area contributed by atoms with E-state index in [1.54, 1.807) is 29.5 Å². The van der Waals surface area contributed by atoms with Gasteiger partial charge in [0.1, 0.15) is 12.2 Å². The van der Waals surface area contributed by atoms with Crippen LogP contribution in [-0.2, 0) is 4.79 Å². The summed E-state index contributed by atoms with van der Waals surface area (Å²) in [4.78, 5) is 17.2. The minimum Gasteiger partial charge on any atom is -0.474 e. The van der Waals surface area contributed by atoms with E-state index in [0.29, 0.717) is 11.4 Å². The molecule has 0 atom stereocenters. The van der Waals surface area contributed by atoms with E-state index >= 15 is 0 Å². The fourth-order valence-corrected chi connectivity index (χ4v) is 3.42. The van der Waals surface area contributed by atoms with Crippen LogP contribution in [0, 0.1) is 11.3 Å². The van der Waals surface area contributed by atoms with E-state index in [1.807, 2.05) is 29.7 Å². The third-order valence-corrected chi connectivity index (χ3v) is 4.95. The molecule has 2 aromatic rings. The Morgan fingerprint density at radius 3 is 2.80 bits per heavy atom. The number of thiophene rings is 1. The lowest BCUT2D eigenvalue weighted by Gasteiger charge is -2.28. The highest BCUT2D eigenvalue weighted by Crippen LogP contribution is 2.23. The monoisotopic (exact) mass is 353 g/mol. The summed E-state index contributed by atoms with van der Waals surface area (Å²) in [6.07, 6.45) is 8.58. The molecule has 1 aliphatic carbocycles. The molecule has 0 saturated heterocycles. The molecule has 0 unspecified atom stereocenters. The smallest absolute Gasteiger partial charge is 0.244 e. The van der Waals surface area contributed by atoms with Crippen molar-refractivity contribution in [1.29, 1.82) is 5.26 Å². The first-order valence-electron chi connectivity index (χ1n) is 8.28. The van der Waals surface area contributed by atoms with Crippen LogP contribution in [0.5, 0.6) is 5.88 Å². The highest BCUT2D eigenvalue weighted by Gasteiger charge is 2.23. The molecule has 1 saturated carbocycles. The first-order chi connectivity index (χ1) is 12.2. The number of hydrogen-bond donors (Lipinski definition) is 1. The molecular formula is C19H19N3O2S. The van der Waals surface area contributed by atoms with Crippen LogP contribution in [0.25, 0.3) is 6.08 Å². The molecule has 2 aromatic heterocycles. The quantitative estimate of drug-likeness (QED) is 0.834. The van der Waals surface area contributed by atoms with Crippen molar-refractivity contribution in [3.8, 4) is 11.9 Å². The maximum Gasteiger partial charge on any atom is 0.244 e. The first-order valence-corrected chi connectivity index (χ1v) is 9.16. The molecule has 1 N–H and O–H groups in total. The molecule has 128 valence electrons. The molecule has 25 heavy (non-hydrogen) atoms. The molecule has 0 aromatic carbocycles. The van der Waals surface area contributed by atoms with Gasteiger partial charge in [0.2, 0.25) is 11.8 Å². The molecule has 5 nitrogen and oxygen atoms in total. The lowest BCUT2D eigenvalue weighted by atomic mass is 9.93. The zero-order chi connectivity index (χ0) is 17.5. The number of rotatable bonds is 5. The number of nitrogens with one attached hydrogen (secondary N) is 1. The SMILES string of the molecule is N#Cc1ccc(OC2CCC(NC(=O)/C=C/c3cccs3)CC2)nc1. The number of ether oxygens (including phenoxy) is 1. The molecular weight excluding hydrogens is 334 g/mol. The van der Waals surface area contributed by atoms with Gasteiger partial charge in [-0.15, -0.1) is 11.3 Å². The van der Waals surface area contributed by atoms with Crippen LogP contribution in [0.2, 0.25) is 0 Å². The zero-order valence-electron chi connectivity index (χ0n) is 13.7. The molecule has 1 amide bonds. The summed E-state index contributed by atoms with van der Waals surface area (Å²) < 4.78 is 5.86. The third-order valence-electron chi connectivity index (χ3n) is 4.12. The molecule has 0 radical (unpaired) electrons. The van der Waals surface area contributed by atoms with Crippen molar-refractivity contribution in [3.05, 3.63) is 52.4 Å². The topological polar surface area (TPSA) is 75.0 Å². The number of amides is 1. The van der Waals surface area contributed by atoms with Crippen molar-refractivity contribution < 1.29 is 9.53 Å². The average Bonchev–Trinajstić information content (AvgIpc) is 3.16. The van der Waals surface area contributed by atoms with Gasteiger partial charge in [0, 0.05) is 29.3 Å². The van der Waals surface area contributed by atoms with E-state index in [4.69, 9.17) is 10.00 Å². The molecule has 2 heterocycles. The standard InChI is InChI=1S/C19H19N3O2S/c20-12-14-3-10-19(21-13-14)24-16-6-4-15(5-7-16)22-18(23)9-8-17-2-1-11-25-17/h1-3,8-11,13,15-16H,4-7H2,(H,22,23)/b9-8+. The number of nitrogens with zero attached hydrogens (tertiary/aromatic N) is 2. The van der Waals surface area contributed by atoms with Gasteiger partial charge in [-0.25, -0.2) is 4.98 Å². The summed E-state index contributed by atoms with van der Waals surface area (Å²) in [6.45, 7) is 0. The molecule has 0 bridgehead atoms. The Hall–Kier alpha value is -2.65. The van der Waals surface area contributed by atoms with E-state index in [1.165, 1.54) is 6.20 Å². The molecule has 1 aliphatic rings. The first kappa shape index (κ1) is 17.2. The summed E-state index contributed by atoms with van der Waals surface area (Å²) in [5.74, 6) is 0.497. The van der Waals surface area contributed by atoms with Crippen molar-refractivity contribution >= 4 is 23.3 Å². The lowest BCUT2D eigenvalue weighted by Crippen LogP contribution is -2.39. The van der Waals surface area contributed by atoms with Gasteiger partial charge in [0.05, 0.1) is 5.56 Å². The Kier molecular flexibility index (Phi) is 5.81. The van der Waals surface area contributed by atoms with Crippen LogP contribution in [0.1, 0.15) is 36.1 Å². The van der Waals surface area contributed by atoms with Crippen molar-refractivity contribution in [2.75, 3.05) is 0 Å². The molecule has 0 aliphatic heterocycles. The fraction of sp³-hybridized carbons (Fsp3) is 0.316. The largest absolute Gasteiger partial charge is 0.474 e. The third kappa shape index (κ3) is 5.16. The van der Waals surface area contributed by atoms with Gasteiger partial charge in [0.25, 0.3) is 0 Å². The Balaban J connectivity index is 1.42. The van der Waals surface area contributed by atoms with E-state index in [2.05, 4.69) is 10.3 Å².